The number of halogens is 1. The zero-order chi connectivity index (χ0) is 32.1. The predicted octanol–water partition coefficient (Wildman–Crippen LogP) is 4.63. The normalized spacial score (nSPS) is 19.7. The fraction of sp³-hybridized carbons (Fsp3) is 0.441. The molecule has 1 saturated heterocycles. The summed E-state index contributed by atoms with van der Waals surface area (Å²) in [4.78, 5) is 36.8. The van der Waals surface area contributed by atoms with Crippen LogP contribution in [0.25, 0.3) is 11.6 Å². The second-order valence-corrected chi connectivity index (χ2v) is 12.6. The van der Waals surface area contributed by atoms with Gasteiger partial charge in [-0.3, -0.25) is 14.7 Å². The Labute approximate surface area is 270 Å². The maximum atomic E-state index is 13.1. The molecule has 2 fully saturated rings. The molecule has 1 saturated carbocycles. The largest absolute Gasteiger partial charge is 0.449 e. The molecule has 2 unspecified atom stereocenters. The number of benzene rings is 1. The third kappa shape index (κ3) is 7.35. The number of piperazine rings is 1. The number of ether oxygens (including phenoxy) is 2. The van der Waals surface area contributed by atoms with E-state index in [1.165, 1.54) is 6.20 Å². The number of carbonyl (C=O) groups excluding carboxylic acids is 2. The standard InChI is InChI=1S/C34H43ClN6O4/c1-5-39(4)28(20-36)31(38-29(42)21-44-6-2)27-18-23-8-7-13-37-30(23)32(25-10-9-24(35)19-26(25)27)40-14-16-41(17-15-40)33(43)45-22-34(3)11-12-34/h5,7-10,13,18-20,31-32H,1,6,11-12,14-17,21-22,36H2,2-4H3,(H,38,42)/b28-20-. The Morgan fingerprint density at radius 3 is 2.69 bits per heavy atom. The van der Waals surface area contributed by atoms with E-state index in [1.54, 1.807) is 22.2 Å². The maximum absolute atomic E-state index is 13.1. The van der Waals surface area contributed by atoms with Crippen molar-refractivity contribution in [1.82, 2.24) is 25.0 Å². The van der Waals surface area contributed by atoms with Crippen molar-refractivity contribution in [3.05, 3.63) is 88.6 Å². The predicted molar refractivity (Wildman–Crippen MR) is 176 cm³/mol. The minimum atomic E-state index is -0.657. The fourth-order valence-corrected chi connectivity index (χ4v) is 6.05. The molecule has 2 heterocycles. The Balaban J connectivity index is 1.52. The first-order valence-corrected chi connectivity index (χ1v) is 15.8. The molecule has 10 nitrogen and oxygen atoms in total. The van der Waals surface area contributed by atoms with E-state index in [0.717, 1.165) is 40.8 Å². The number of hydrogen-bond acceptors (Lipinski definition) is 8. The molecule has 5 rings (SSSR count). The molecule has 1 aromatic heterocycles. The molecule has 0 bridgehead atoms. The number of rotatable bonds is 11. The SMILES string of the molecule is C=CN(C)/C(=C\N)C(NC(=O)COCC)C1=Cc2cccnc2C(N2CCN(C(=O)OCC3(C)CC3)CC2)c2ccc(Cl)cc21. The van der Waals surface area contributed by atoms with Crippen LogP contribution in [-0.4, -0.2) is 90.8 Å². The molecule has 45 heavy (non-hydrogen) atoms. The van der Waals surface area contributed by atoms with Gasteiger partial charge in [-0.15, -0.1) is 0 Å². The number of nitrogens with one attached hydrogen (secondary N) is 1. The summed E-state index contributed by atoms with van der Waals surface area (Å²) >= 11 is 6.65. The third-order valence-electron chi connectivity index (χ3n) is 8.85. The Hall–Kier alpha value is -3.86. The summed E-state index contributed by atoms with van der Waals surface area (Å²) in [6, 6.07) is 8.87. The molecule has 0 spiro atoms. The summed E-state index contributed by atoms with van der Waals surface area (Å²) in [7, 11) is 1.83. The van der Waals surface area contributed by atoms with Crippen molar-refractivity contribution in [2.45, 2.75) is 38.8 Å². The van der Waals surface area contributed by atoms with Gasteiger partial charge in [-0.25, -0.2) is 4.79 Å². The maximum Gasteiger partial charge on any atom is 0.409 e. The van der Waals surface area contributed by atoms with Gasteiger partial charge in [-0.05, 0) is 72.5 Å². The molecule has 3 aliphatic rings. The van der Waals surface area contributed by atoms with E-state index in [0.29, 0.717) is 50.1 Å². The van der Waals surface area contributed by atoms with Crippen molar-refractivity contribution in [2.24, 2.45) is 11.1 Å². The van der Waals surface area contributed by atoms with Gasteiger partial charge in [-0.2, -0.15) is 0 Å². The monoisotopic (exact) mass is 634 g/mol. The van der Waals surface area contributed by atoms with Gasteiger partial charge in [0, 0.05) is 62.7 Å². The second kappa shape index (κ2) is 14.1. The first kappa shape index (κ1) is 32.5. The van der Waals surface area contributed by atoms with Crippen LogP contribution in [0.15, 0.2) is 61.2 Å². The minimum absolute atomic E-state index is 0.0922. The fourth-order valence-electron chi connectivity index (χ4n) is 5.88. The van der Waals surface area contributed by atoms with Crippen molar-refractivity contribution in [1.29, 1.82) is 0 Å². The Bertz CT molecular complexity index is 1480. The zero-order valence-electron chi connectivity index (χ0n) is 26.3. The Morgan fingerprint density at radius 2 is 2.02 bits per heavy atom. The van der Waals surface area contributed by atoms with Crippen molar-refractivity contribution in [2.75, 3.05) is 53.0 Å². The van der Waals surface area contributed by atoms with Crippen LogP contribution >= 0.6 is 11.6 Å². The highest BCUT2D eigenvalue weighted by Crippen LogP contribution is 2.45. The molecule has 2 aromatic rings. The lowest BCUT2D eigenvalue weighted by Gasteiger charge is -2.39. The van der Waals surface area contributed by atoms with Crippen LogP contribution in [0.1, 0.15) is 55.1 Å². The van der Waals surface area contributed by atoms with Gasteiger partial charge in [0.15, 0.2) is 0 Å². The second-order valence-electron chi connectivity index (χ2n) is 12.1. The zero-order valence-corrected chi connectivity index (χ0v) is 27.1. The molecule has 240 valence electrons. The van der Waals surface area contributed by atoms with Gasteiger partial charge in [-0.1, -0.05) is 37.2 Å². The molecular weight excluding hydrogens is 592 g/mol. The molecule has 1 aliphatic heterocycles. The average molecular weight is 635 g/mol. The number of aromatic nitrogens is 1. The summed E-state index contributed by atoms with van der Waals surface area (Å²) in [6.07, 6.45) is 8.92. The Kier molecular flexibility index (Phi) is 10.2. The highest BCUT2D eigenvalue weighted by molar-refractivity contribution is 6.30. The average Bonchev–Trinajstić information content (AvgIpc) is 3.81. The van der Waals surface area contributed by atoms with Crippen LogP contribution in [0.3, 0.4) is 0 Å². The summed E-state index contributed by atoms with van der Waals surface area (Å²) in [5, 5.41) is 3.70. The van der Waals surface area contributed by atoms with Crippen LogP contribution in [-0.2, 0) is 14.3 Å². The van der Waals surface area contributed by atoms with E-state index in [-0.39, 0.29) is 30.1 Å². The van der Waals surface area contributed by atoms with Crippen LogP contribution in [0, 0.1) is 5.41 Å². The van der Waals surface area contributed by atoms with Crippen molar-refractivity contribution < 1.29 is 19.1 Å². The third-order valence-corrected chi connectivity index (χ3v) is 9.08. The van der Waals surface area contributed by atoms with Gasteiger partial charge in [0.1, 0.15) is 6.61 Å². The van der Waals surface area contributed by atoms with E-state index in [9.17, 15) is 9.59 Å². The summed E-state index contributed by atoms with van der Waals surface area (Å²) in [5.74, 6) is -0.283. The van der Waals surface area contributed by atoms with Crippen LogP contribution in [0.4, 0.5) is 4.79 Å². The highest BCUT2D eigenvalue weighted by Gasteiger charge is 2.40. The highest BCUT2D eigenvalue weighted by atomic mass is 35.5. The van der Waals surface area contributed by atoms with E-state index in [1.807, 2.05) is 44.3 Å². The molecule has 2 atom stereocenters. The van der Waals surface area contributed by atoms with Gasteiger partial charge in [0.2, 0.25) is 5.91 Å². The molecule has 2 amide bonds. The quantitative estimate of drug-likeness (QED) is 0.368. The van der Waals surface area contributed by atoms with E-state index in [2.05, 4.69) is 29.8 Å². The number of nitrogens with two attached hydrogens (primary N) is 1. The van der Waals surface area contributed by atoms with Crippen LogP contribution in [0.2, 0.25) is 5.02 Å². The van der Waals surface area contributed by atoms with Crippen molar-refractivity contribution in [3.63, 3.8) is 0 Å². The Morgan fingerprint density at radius 1 is 1.27 bits per heavy atom. The molecular formula is C34H43ClN6O4. The van der Waals surface area contributed by atoms with Gasteiger partial charge < -0.3 is 30.3 Å². The molecule has 11 heteroatoms. The summed E-state index contributed by atoms with van der Waals surface area (Å²) in [5.41, 5.74) is 11.4. The molecule has 2 aliphatic carbocycles. The van der Waals surface area contributed by atoms with E-state index < -0.39 is 6.04 Å². The smallest absolute Gasteiger partial charge is 0.409 e. The van der Waals surface area contributed by atoms with E-state index in [4.69, 9.17) is 31.8 Å². The number of pyridine rings is 1. The first-order chi connectivity index (χ1) is 21.7. The van der Waals surface area contributed by atoms with Crippen LogP contribution in [0.5, 0.6) is 0 Å². The van der Waals surface area contributed by atoms with Crippen molar-refractivity contribution >= 4 is 35.3 Å². The summed E-state index contributed by atoms with van der Waals surface area (Å²) in [6.45, 7) is 11.0. The lowest BCUT2D eigenvalue weighted by molar-refractivity contribution is -0.125. The summed E-state index contributed by atoms with van der Waals surface area (Å²) < 4.78 is 11.1. The number of amides is 2. The number of hydrogen-bond donors (Lipinski definition) is 2. The topological polar surface area (TPSA) is 113 Å². The van der Waals surface area contributed by atoms with E-state index >= 15 is 0 Å². The molecule has 1 aromatic carbocycles. The molecule has 0 radical (unpaired) electrons. The number of likely N-dealkylation sites (N-methyl/N-ethyl adjacent to an activating group) is 1. The lowest BCUT2D eigenvalue weighted by Crippen LogP contribution is -2.50. The number of nitrogens with zero attached hydrogens (tertiary/aromatic N) is 4. The van der Waals surface area contributed by atoms with Crippen LogP contribution < -0.4 is 11.1 Å². The van der Waals surface area contributed by atoms with Gasteiger partial charge in [0.05, 0.1) is 30.1 Å². The van der Waals surface area contributed by atoms with Gasteiger partial charge in [0.25, 0.3) is 0 Å². The molecule has 3 N–H and O–H groups in total. The van der Waals surface area contributed by atoms with Gasteiger partial charge >= 0.3 is 6.09 Å². The number of carbonyl (C=O) groups is 2. The van der Waals surface area contributed by atoms with Crippen molar-refractivity contribution in [3.8, 4) is 0 Å². The first-order valence-electron chi connectivity index (χ1n) is 15.4. The minimum Gasteiger partial charge on any atom is -0.449 e. The number of fused-ring (bicyclic) bond motifs is 2. The lowest BCUT2D eigenvalue weighted by atomic mass is 9.89.